The van der Waals surface area contributed by atoms with Gasteiger partial charge in [-0.1, -0.05) is 96.1 Å². The quantitative estimate of drug-likeness (QED) is 0.0401. The molecule has 4 N–H and O–H groups in total. The molecular weight excluding hydrogens is 1230 g/mol. The van der Waals surface area contributed by atoms with Gasteiger partial charge < -0.3 is 72.5 Å². The van der Waals surface area contributed by atoms with Gasteiger partial charge in [0, 0.05) is 89.5 Å². The molecule has 4 aliphatic rings. The zero-order chi connectivity index (χ0) is 68.8. The highest BCUT2D eigenvalue weighted by atomic mass is 32.2. The number of cyclic esters (lactones) is 1. The number of para-hydroxylation sites is 1. The summed E-state index contributed by atoms with van der Waals surface area (Å²) >= 11 is 0. The van der Waals surface area contributed by atoms with E-state index in [4.69, 9.17) is 56.9 Å². The second kappa shape index (κ2) is 34.6. The molecule has 1 unspecified atom stereocenters. The molecule has 0 radical (unpaired) electrons. The number of nitrogens with zero attached hydrogens (tertiary/aromatic N) is 3. The zero-order valence-electron chi connectivity index (χ0n) is 56.6. The van der Waals surface area contributed by atoms with Gasteiger partial charge in [-0.25, -0.2) is 17.9 Å². The monoisotopic (exact) mass is 1340 g/mol. The fourth-order valence-corrected chi connectivity index (χ4v) is 14.4. The summed E-state index contributed by atoms with van der Waals surface area (Å²) in [4.78, 5) is 77.8. The Balaban J connectivity index is 1.47. The third-order valence-electron chi connectivity index (χ3n) is 18.1. The van der Waals surface area contributed by atoms with Gasteiger partial charge in [0.15, 0.2) is 35.1 Å². The van der Waals surface area contributed by atoms with Crippen molar-refractivity contribution in [2.45, 2.75) is 225 Å². The fraction of sp³-hybridized carbons (Fsp3) is 0.738. The number of nitro benzene ring substituents is 1. The first-order valence-electron chi connectivity index (χ1n) is 32.2. The second-order valence-corrected chi connectivity index (χ2v) is 27.9. The number of aliphatic hydroxyl groups is 2. The number of hydrogen-bond acceptors (Lipinski definition) is 24. The van der Waals surface area contributed by atoms with Crippen LogP contribution in [-0.2, 0) is 87.9 Å². The van der Waals surface area contributed by atoms with E-state index in [1.165, 1.54) is 40.4 Å². The Hall–Kier alpha value is -5.34. The highest BCUT2D eigenvalue weighted by Crippen LogP contribution is 2.41. The predicted octanol–water partition coefficient (Wildman–Crippen LogP) is 6.46. The SMILES string of the molecule is CON=C1C[C@@H](C)O[C@@H](O[C@@H]2[C@@H](C)[C@H](O[C@H]3CC(C)N(CCNS(=O)(=O)c4ccccc4[N+](=O)[O-])C[C@H](C)O3)[C@@H](C)C(=O)O[C@H]([C@@H](C)CO[C@@H]3O[C@H](C)[C@@H](O)[C@@H](OC)[C@H]3OC)[C@H](C)[C@@H](OC(=O)CC(C)C)[C@@H](C)C(=O)[C@@](C)(OC(=O)NCc3ccccc3)C[C@@H]2C)[C@@H]1O. The van der Waals surface area contributed by atoms with Crippen molar-refractivity contribution in [1.29, 1.82) is 0 Å². The number of oxime groups is 1. The van der Waals surface area contributed by atoms with Crippen molar-refractivity contribution in [1.82, 2.24) is 14.9 Å². The van der Waals surface area contributed by atoms with Gasteiger partial charge in [-0.3, -0.25) is 29.4 Å². The van der Waals surface area contributed by atoms with Gasteiger partial charge in [-0.05, 0) is 71.4 Å². The number of aliphatic hydroxyl groups excluding tert-OH is 2. The number of benzene rings is 2. The summed E-state index contributed by atoms with van der Waals surface area (Å²) in [5, 5.41) is 41.6. The Morgan fingerprint density at radius 2 is 1.49 bits per heavy atom. The molecule has 93 heavy (non-hydrogen) atoms. The molecule has 0 aromatic heterocycles. The summed E-state index contributed by atoms with van der Waals surface area (Å²) in [5.74, 6) is -8.32. The number of amides is 1. The van der Waals surface area contributed by atoms with Gasteiger partial charge in [0.05, 0.1) is 59.6 Å². The molecule has 28 heteroatoms. The normalized spacial score (nSPS) is 35.4. The van der Waals surface area contributed by atoms with Gasteiger partial charge >= 0.3 is 18.0 Å². The molecule has 2 aromatic rings. The summed E-state index contributed by atoms with van der Waals surface area (Å²) in [5.41, 5.74) is -1.65. The first kappa shape index (κ1) is 76.7. The van der Waals surface area contributed by atoms with Crippen molar-refractivity contribution in [3.63, 3.8) is 0 Å². The Labute approximate surface area is 547 Å². The molecule has 1 amide bonds. The molecule has 4 heterocycles. The summed E-state index contributed by atoms with van der Waals surface area (Å²) < 4.78 is 100. The number of esters is 2. The third-order valence-corrected chi connectivity index (χ3v) is 19.6. The lowest BCUT2D eigenvalue weighted by atomic mass is 9.74. The molecule has 0 spiro atoms. The van der Waals surface area contributed by atoms with Crippen LogP contribution in [0, 0.1) is 51.5 Å². The van der Waals surface area contributed by atoms with Crippen LogP contribution in [0.1, 0.15) is 121 Å². The van der Waals surface area contributed by atoms with Crippen molar-refractivity contribution in [2.75, 3.05) is 47.6 Å². The number of sulfonamides is 1. The maximum Gasteiger partial charge on any atom is 0.408 e. The number of rotatable bonds is 23. The van der Waals surface area contributed by atoms with Crippen LogP contribution in [0.4, 0.5) is 10.5 Å². The van der Waals surface area contributed by atoms with Crippen LogP contribution in [0.3, 0.4) is 0 Å². The second-order valence-electron chi connectivity index (χ2n) is 26.2. The molecule has 0 bridgehead atoms. The average Bonchev–Trinajstić information content (AvgIpc) is 1.45. The minimum absolute atomic E-state index is 0.0371. The molecule has 524 valence electrons. The van der Waals surface area contributed by atoms with Crippen LogP contribution in [0.5, 0.6) is 0 Å². The van der Waals surface area contributed by atoms with Gasteiger partial charge in [0.2, 0.25) is 10.0 Å². The number of alkyl carbamates (subject to hydrolysis) is 1. The first-order valence-corrected chi connectivity index (χ1v) is 33.7. The minimum atomic E-state index is -4.32. The molecule has 4 aliphatic heterocycles. The maximum atomic E-state index is 16.0. The van der Waals surface area contributed by atoms with E-state index < -0.39 is 176 Å². The standard InChI is InChI=1S/C65H101N5O22S/c1-35(2)28-50(71)88-56-42(9)55(37(4)34-84-63-59(82-15)58(81-14)52(72)45(12)87-63)90-61(75)44(11)57(89-51-29-38(5)69(33-40(7)85-51)27-26-67-93(79,80)49-25-21-20-24-48(49)70(77)78)41(8)54(91-62-53(73)47(68-83-16)30-39(6)86-62)36(3)31-65(13,60(74)43(56)10)92-64(76)66-32-46-22-18-17-19-23-46/h17-25,35-45,51-59,62-63,67,72-73H,26-34H2,1-16H3,(H,66,76)/t36-,37-,38?,39+,40-,41+,42-,43+,44+,45+,51-,52+,53+,54-,55+,56+,57-,58+,59+,62-,63+,65-/m0/s1. The van der Waals surface area contributed by atoms with Crippen LogP contribution in [0.15, 0.2) is 64.6 Å². The van der Waals surface area contributed by atoms with E-state index in [1.807, 2.05) is 62.9 Å². The van der Waals surface area contributed by atoms with Gasteiger partial charge in [-0.15, -0.1) is 0 Å². The average molecular weight is 1340 g/mol. The van der Waals surface area contributed by atoms with Crippen molar-refractivity contribution in [3.05, 3.63) is 70.3 Å². The van der Waals surface area contributed by atoms with Crippen LogP contribution in [0.2, 0.25) is 0 Å². The highest BCUT2D eigenvalue weighted by molar-refractivity contribution is 7.89. The number of carbonyl (C=O) groups excluding carboxylic acids is 4. The Morgan fingerprint density at radius 3 is 2.14 bits per heavy atom. The molecule has 2 aromatic carbocycles. The van der Waals surface area contributed by atoms with E-state index in [0.29, 0.717) is 0 Å². The number of Topliss-reactive ketones (excluding diaryl/α,β-unsaturated/α-hetero) is 1. The maximum absolute atomic E-state index is 16.0. The fourth-order valence-electron chi connectivity index (χ4n) is 13.2. The number of nitrogens with one attached hydrogen (secondary N) is 2. The molecule has 0 saturated carbocycles. The van der Waals surface area contributed by atoms with Gasteiger partial charge in [0.1, 0.15) is 43.7 Å². The number of ketones is 1. The lowest BCUT2D eigenvalue weighted by molar-refractivity contribution is -0.387. The molecule has 4 fully saturated rings. The molecule has 27 nitrogen and oxygen atoms in total. The molecule has 4 saturated heterocycles. The minimum Gasteiger partial charge on any atom is -0.461 e. The lowest BCUT2D eigenvalue weighted by Gasteiger charge is -2.45. The molecule has 6 rings (SSSR count). The van der Waals surface area contributed by atoms with E-state index in [1.54, 1.807) is 55.4 Å². The topological polar surface area (TPSA) is 336 Å². The van der Waals surface area contributed by atoms with E-state index in [9.17, 15) is 38.3 Å². The Bertz CT molecular complexity index is 2910. The molecular formula is C65H101N5O22S. The van der Waals surface area contributed by atoms with Crippen LogP contribution in [0.25, 0.3) is 0 Å². The lowest BCUT2D eigenvalue weighted by Crippen LogP contribution is -2.59. The third kappa shape index (κ3) is 20.1. The Kier molecular flexibility index (Phi) is 28.5. The van der Waals surface area contributed by atoms with Gasteiger partial charge in [-0.2, -0.15) is 0 Å². The van der Waals surface area contributed by atoms with Crippen molar-refractivity contribution < 1.29 is 99.7 Å². The number of ether oxygens (including phenoxy) is 11. The van der Waals surface area contributed by atoms with Crippen LogP contribution >= 0.6 is 0 Å². The zero-order valence-corrected chi connectivity index (χ0v) is 57.4. The number of hydrogen-bond donors (Lipinski definition) is 4. The van der Waals surface area contributed by atoms with E-state index in [0.717, 1.165) is 17.7 Å². The molecule has 0 aliphatic carbocycles. The summed E-state index contributed by atoms with van der Waals surface area (Å²) in [6, 6.07) is 13.8. The van der Waals surface area contributed by atoms with E-state index in [-0.39, 0.29) is 76.1 Å². The van der Waals surface area contributed by atoms with Crippen molar-refractivity contribution in [2.24, 2.45) is 46.6 Å². The summed E-state index contributed by atoms with van der Waals surface area (Å²) in [6.07, 6.45) is -15.7. The largest absolute Gasteiger partial charge is 0.461 e. The summed E-state index contributed by atoms with van der Waals surface area (Å²) in [7, 11) is -0.125. The van der Waals surface area contributed by atoms with Crippen LogP contribution in [-0.4, -0.2) is 203 Å². The summed E-state index contributed by atoms with van der Waals surface area (Å²) in [6.45, 7) is 22.7. The van der Waals surface area contributed by atoms with Crippen molar-refractivity contribution in [3.8, 4) is 0 Å². The van der Waals surface area contributed by atoms with E-state index >= 15 is 9.59 Å². The number of nitro groups is 1. The van der Waals surface area contributed by atoms with E-state index in [2.05, 4.69) is 15.2 Å². The van der Waals surface area contributed by atoms with Crippen LogP contribution < -0.4 is 10.0 Å². The first-order chi connectivity index (χ1) is 43.8. The number of carbonyl (C=O) groups is 4. The van der Waals surface area contributed by atoms with Crippen molar-refractivity contribution >= 4 is 45.2 Å². The van der Waals surface area contributed by atoms with Gasteiger partial charge in [0.25, 0.3) is 5.69 Å². The Morgan fingerprint density at radius 1 is 0.828 bits per heavy atom. The number of methoxy groups -OCH3 is 2. The predicted molar refractivity (Wildman–Crippen MR) is 337 cm³/mol. The highest BCUT2D eigenvalue weighted by Gasteiger charge is 2.53. The molecule has 22 atom stereocenters. The smallest absolute Gasteiger partial charge is 0.408 e.